The highest BCUT2D eigenvalue weighted by molar-refractivity contribution is 6.18. The van der Waals surface area contributed by atoms with Crippen molar-refractivity contribution in [2.24, 2.45) is 23.7 Å². The average molecular weight is 285 g/mol. The van der Waals surface area contributed by atoms with Crippen LogP contribution in [0.2, 0.25) is 0 Å². The van der Waals surface area contributed by atoms with Gasteiger partial charge in [-0.1, -0.05) is 45.4 Å². The molecule has 0 amide bonds. The summed E-state index contributed by atoms with van der Waals surface area (Å²) in [5, 5.41) is 0. The molecule has 0 spiro atoms. The molecular weight excluding hydrogens is 252 g/mol. The molecule has 0 aliphatic heterocycles. The lowest BCUT2D eigenvalue weighted by Gasteiger charge is -2.37. The van der Waals surface area contributed by atoms with E-state index in [1.54, 1.807) is 0 Å². The van der Waals surface area contributed by atoms with Crippen LogP contribution in [0.25, 0.3) is 0 Å². The van der Waals surface area contributed by atoms with E-state index in [0.29, 0.717) is 0 Å². The van der Waals surface area contributed by atoms with E-state index in [1.807, 2.05) is 0 Å². The number of halogens is 1. The van der Waals surface area contributed by atoms with Crippen LogP contribution in [0.1, 0.15) is 84.0 Å². The monoisotopic (exact) mass is 284 g/mol. The minimum atomic E-state index is 0.836. The molecule has 0 radical (unpaired) electrons. The first-order chi connectivity index (χ1) is 9.33. The smallest absolute Gasteiger partial charge is 0.0251 e. The van der Waals surface area contributed by atoms with Gasteiger partial charge in [0.2, 0.25) is 0 Å². The van der Waals surface area contributed by atoms with Gasteiger partial charge in [-0.25, -0.2) is 0 Å². The van der Waals surface area contributed by atoms with Gasteiger partial charge in [0.25, 0.3) is 0 Å². The fraction of sp³-hybridized carbons (Fsp3) is 1.00. The van der Waals surface area contributed by atoms with Gasteiger partial charge in [0.05, 0.1) is 0 Å². The molecule has 0 aromatic rings. The predicted molar refractivity (Wildman–Crippen MR) is 85.8 cm³/mol. The first kappa shape index (κ1) is 15.7. The van der Waals surface area contributed by atoms with Crippen molar-refractivity contribution in [3.05, 3.63) is 0 Å². The topological polar surface area (TPSA) is 0 Å². The van der Waals surface area contributed by atoms with Gasteiger partial charge in [-0.2, -0.15) is 0 Å². The molecule has 0 saturated heterocycles. The molecule has 19 heavy (non-hydrogen) atoms. The minimum Gasteiger partial charge on any atom is -0.126 e. The third-order valence-corrected chi connectivity index (χ3v) is 6.32. The van der Waals surface area contributed by atoms with E-state index in [0.717, 1.165) is 29.6 Å². The minimum absolute atomic E-state index is 0.836. The van der Waals surface area contributed by atoms with Crippen LogP contribution in [0.5, 0.6) is 0 Å². The quantitative estimate of drug-likeness (QED) is 0.390. The molecule has 0 unspecified atom stereocenters. The van der Waals surface area contributed by atoms with Crippen molar-refractivity contribution in [3.63, 3.8) is 0 Å². The van der Waals surface area contributed by atoms with Crippen molar-refractivity contribution in [1.82, 2.24) is 0 Å². The van der Waals surface area contributed by atoms with Crippen molar-refractivity contribution < 1.29 is 0 Å². The molecule has 2 rings (SSSR count). The van der Waals surface area contributed by atoms with E-state index in [1.165, 1.54) is 77.0 Å². The third kappa shape index (κ3) is 4.96. The third-order valence-electron chi connectivity index (χ3n) is 5.88. The number of unbranched alkanes of at least 4 members (excludes halogenated alkanes) is 2. The summed E-state index contributed by atoms with van der Waals surface area (Å²) in [5.74, 6) is 4.93. The Kier molecular flexibility index (Phi) is 7.05. The maximum atomic E-state index is 5.99. The number of alkyl halides is 1. The van der Waals surface area contributed by atoms with E-state index >= 15 is 0 Å². The largest absolute Gasteiger partial charge is 0.126 e. The molecule has 2 aliphatic rings. The van der Waals surface area contributed by atoms with E-state index in [9.17, 15) is 0 Å². The molecule has 0 heterocycles. The maximum absolute atomic E-state index is 5.99. The zero-order valence-corrected chi connectivity index (χ0v) is 13.6. The Hall–Kier alpha value is 0.290. The van der Waals surface area contributed by atoms with Crippen molar-refractivity contribution in [2.45, 2.75) is 84.0 Å². The summed E-state index contributed by atoms with van der Waals surface area (Å²) in [4.78, 5) is 0. The molecule has 2 saturated carbocycles. The highest BCUT2D eigenvalue weighted by Gasteiger charge is 2.30. The Morgan fingerprint density at radius 3 is 1.74 bits per heavy atom. The van der Waals surface area contributed by atoms with E-state index < -0.39 is 0 Å². The molecule has 0 N–H and O–H groups in total. The molecule has 1 heteroatoms. The summed E-state index contributed by atoms with van der Waals surface area (Å²) >= 11 is 5.99. The Balaban J connectivity index is 1.63. The molecular formula is C18H33Cl. The standard InChI is InChI=1S/C18H33Cl/c1-2-3-4-5-15-6-10-17(11-7-15)18-12-8-16(14-19)9-13-18/h15-18H,2-14H2,1H3. The molecule has 0 atom stereocenters. The maximum Gasteiger partial charge on any atom is 0.0251 e. The number of hydrogen-bond acceptors (Lipinski definition) is 0. The van der Waals surface area contributed by atoms with Gasteiger partial charge in [0.1, 0.15) is 0 Å². The Morgan fingerprint density at radius 1 is 0.737 bits per heavy atom. The second-order valence-corrected chi connectivity index (χ2v) is 7.52. The fourth-order valence-corrected chi connectivity index (χ4v) is 4.75. The lowest BCUT2D eigenvalue weighted by molar-refractivity contribution is 0.147. The van der Waals surface area contributed by atoms with Gasteiger partial charge in [-0.05, 0) is 62.2 Å². The van der Waals surface area contributed by atoms with Crippen LogP contribution < -0.4 is 0 Å². The second kappa shape index (κ2) is 8.55. The summed E-state index contributed by atoms with van der Waals surface area (Å²) in [7, 11) is 0. The molecule has 2 aliphatic carbocycles. The second-order valence-electron chi connectivity index (χ2n) is 7.21. The van der Waals surface area contributed by atoms with Crippen molar-refractivity contribution >= 4 is 11.6 Å². The fourth-order valence-electron chi connectivity index (χ4n) is 4.45. The number of rotatable bonds is 6. The van der Waals surface area contributed by atoms with Crippen LogP contribution in [0, 0.1) is 23.7 Å². The molecule has 0 nitrogen and oxygen atoms in total. The normalized spacial score (nSPS) is 36.3. The van der Waals surface area contributed by atoms with Crippen LogP contribution in [-0.2, 0) is 0 Å². The molecule has 2 fully saturated rings. The highest BCUT2D eigenvalue weighted by Crippen LogP contribution is 2.42. The summed E-state index contributed by atoms with van der Waals surface area (Å²) < 4.78 is 0. The van der Waals surface area contributed by atoms with Gasteiger partial charge < -0.3 is 0 Å². The van der Waals surface area contributed by atoms with E-state index in [2.05, 4.69) is 6.92 Å². The summed E-state index contributed by atoms with van der Waals surface area (Å²) in [5.41, 5.74) is 0. The van der Waals surface area contributed by atoms with Gasteiger partial charge in [-0.3, -0.25) is 0 Å². The molecule has 0 aromatic carbocycles. The lowest BCUT2D eigenvalue weighted by Crippen LogP contribution is -2.26. The molecule has 0 bridgehead atoms. The highest BCUT2D eigenvalue weighted by atomic mass is 35.5. The van der Waals surface area contributed by atoms with Gasteiger partial charge in [0.15, 0.2) is 0 Å². The number of hydrogen-bond donors (Lipinski definition) is 0. The van der Waals surface area contributed by atoms with Crippen molar-refractivity contribution in [2.75, 3.05) is 5.88 Å². The van der Waals surface area contributed by atoms with Gasteiger partial charge in [-0.15, -0.1) is 11.6 Å². The van der Waals surface area contributed by atoms with Crippen molar-refractivity contribution in [1.29, 1.82) is 0 Å². The summed E-state index contributed by atoms with van der Waals surface area (Å²) in [6.07, 6.45) is 17.7. The summed E-state index contributed by atoms with van der Waals surface area (Å²) in [6, 6.07) is 0. The van der Waals surface area contributed by atoms with Crippen molar-refractivity contribution in [3.8, 4) is 0 Å². The lowest BCUT2D eigenvalue weighted by atomic mass is 9.69. The first-order valence-corrected chi connectivity index (χ1v) is 9.42. The zero-order chi connectivity index (χ0) is 13.5. The summed E-state index contributed by atoms with van der Waals surface area (Å²) in [6.45, 7) is 2.31. The Labute approximate surface area is 125 Å². The zero-order valence-electron chi connectivity index (χ0n) is 12.9. The van der Waals surface area contributed by atoms with Crippen LogP contribution in [0.3, 0.4) is 0 Å². The Morgan fingerprint density at radius 2 is 1.26 bits per heavy atom. The van der Waals surface area contributed by atoms with Crippen LogP contribution in [0.4, 0.5) is 0 Å². The molecule has 112 valence electrons. The Bertz CT molecular complexity index is 222. The molecule has 0 aromatic heterocycles. The van der Waals surface area contributed by atoms with Gasteiger partial charge >= 0.3 is 0 Å². The average Bonchev–Trinajstić information content (AvgIpc) is 2.48. The van der Waals surface area contributed by atoms with E-state index in [-0.39, 0.29) is 0 Å². The SMILES string of the molecule is CCCCCC1CCC(C2CCC(CCl)CC2)CC1. The predicted octanol–water partition coefficient (Wildman–Crippen LogP) is 6.42. The van der Waals surface area contributed by atoms with Crippen LogP contribution in [-0.4, -0.2) is 5.88 Å². The first-order valence-electron chi connectivity index (χ1n) is 8.89. The van der Waals surface area contributed by atoms with E-state index in [4.69, 9.17) is 11.6 Å². The van der Waals surface area contributed by atoms with Gasteiger partial charge in [0, 0.05) is 5.88 Å². The van der Waals surface area contributed by atoms with Crippen LogP contribution >= 0.6 is 11.6 Å². The van der Waals surface area contributed by atoms with Crippen LogP contribution in [0.15, 0.2) is 0 Å².